The lowest BCUT2D eigenvalue weighted by Gasteiger charge is -2.21. The number of aliphatic imine (C=N–C) groups is 1. The fourth-order valence-electron chi connectivity index (χ4n) is 4.33. The van der Waals surface area contributed by atoms with Crippen LogP contribution in [0.25, 0.3) is 0 Å². The number of carbonyl (C=O) groups excluding carboxylic acids is 1. The summed E-state index contributed by atoms with van der Waals surface area (Å²) in [7, 11) is 1.79. The molecule has 6 heteroatoms. The Morgan fingerprint density at radius 2 is 1.73 bits per heavy atom. The van der Waals surface area contributed by atoms with Crippen LogP contribution in [-0.2, 0) is 24.3 Å². The van der Waals surface area contributed by atoms with Crippen molar-refractivity contribution in [2.45, 2.75) is 39.8 Å². The number of guanidine groups is 1. The monoisotopic (exact) mass is 449 g/mol. The number of nitrogens with one attached hydrogen (secondary N) is 2. The number of hydrogen-bond donors (Lipinski definition) is 2. The van der Waals surface area contributed by atoms with Crippen LogP contribution in [0.1, 0.15) is 37.0 Å². The molecule has 1 saturated heterocycles. The van der Waals surface area contributed by atoms with Crippen LogP contribution < -0.4 is 10.6 Å². The molecular weight excluding hydrogens is 410 g/mol. The third-order valence-electron chi connectivity index (χ3n) is 6.44. The first-order chi connectivity index (χ1) is 16.1. The first-order valence-electron chi connectivity index (χ1n) is 12.2. The molecule has 1 amide bonds. The summed E-state index contributed by atoms with van der Waals surface area (Å²) >= 11 is 0. The Kier molecular flexibility index (Phi) is 9.76. The molecule has 3 rings (SSSR count). The van der Waals surface area contributed by atoms with Gasteiger partial charge >= 0.3 is 0 Å². The molecule has 33 heavy (non-hydrogen) atoms. The molecule has 1 atom stereocenters. The maximum atomic E-state index is 12.5. The Morgan fingerprint density at radius 3 is 2.42 bits per heavy atom. The van der Waals surface area contributed by atoms with Crippen LogP contribution in [0.15, 0.2) is 59.6 Å². The number of rotatable bonds is 11. The van der Waals surface area contributed by atoms with Crippen LogP contribution in [0.5, 0.6) is 0 Å². The summed E-state index contributed by atoms with van der Waals surface area (Å²) < 4.78 is 0. The van der Waals surface area contributed by atoms with Crippen LogP contribution in [0.2, 0.25) is 0 Å². The molecule has 2 aromatic carbocycles. The lowest BCUT2D eigenvalue weighted by molar-refractivity contribution is -0.127. The van der Waals surface area contributed by atoms with Crippen molar-refractivity contribution < 1.29 is 4.79 Å². The maximum Gasteiger partial charge on any atom is 0.223 e. The van der Waals surface area contributed by atoms with Gasteiger partial charge in [0.05, 0.1) is 0 Å². The predicted molar refractivity (Wildman–Crippen MR) is 136 cm³/mol. The Labute approximate surface area is 199 Å². The third kappa shape index (κ3) is 7.60. The minimum Gasteiger partial charge on any atom is -0.356 e. The SMILES string of the molecule is CCN(CC)Cc1ccccc1CNC(=NC)NCC1CC(=O)N(CCc2ccccc2)C1. The topological polar surface area (TPSA) is 60.0 Å². The van der Waals surface area contributed by atoms with Gasteiger partial charge < -0.3 is 15.5 Å². The molecule has 0 bridgehead atoms. The average molecular weight is 450 g/mol. The van der Waals surface area contributed by atoms with Gasteiger partial charge in [-0.15, -0.1) is 0 Å². The molecule has 0 aliphatic carbocycles. The van der Waals surface area contributed by atoms with E-state index in [0.717, 1.165) is 58.2 Å². The van der Waals surface area contributed by atoms with Crippen molar-refractivity contribution in [3.63, 3.8) is 0 Å². The van der Waals surface area contributed by atoms with Gasteiger partial charge in [0.25, 0.3) is 0 Å². The molecule has 1 fully saturated rings. The fourth-order valence-corrected chi connectivity index (χ4v) is 4.33. The second-order valence-corrected chi connectivity index (χ2v) is 8.68. The van der Waals surface area contributed by atoms with Gasteiger partial charge in [-0.2, -0.15) is 0 Å². The lowest BCUT2D eigenvalue weighted by atomic mass is 10.1. The summed E-state index contributed by atoms with van der Waals surface area (Å²) in [6.45, 7) is 10.5. The van der Waals surface area contributed by atoms with Crippen molar-refractivity contribution in [2.24, 2.45) is 10.9 Å². The zero-order valence-corrected chi connectivity index (χ0v) is 20.4. The van der Waals surface area contributed by atoms with E-state index >= 15 is 0 Å². The van der Waals surface area contributed by atoms with Crippen LogP contribution in [0.3, 0.4) is 0 Å². The first-order valence-corrected chi connectivity index (χ1v) is 12.2. The van der Waals surface area contributed by atoms with Crippen molar-refractivity contribution in [3.8, 4) is 0 Å². The second-order valence-electron chi connectivity index (χ2n) is 8.68. The van der Waals surface area contributed by atoms with Gasteiger partial charge in [-0.1, -0.05) is 68.4 Å². The van der Waals surface area contributed by atoms with E-state index in [9.17, 15) is 4.79 Å². The summed E-state index contributed by atoms with van der Waals surface area (Å²) in [6.07, 6.45) is 1.51. The van der Waals surface area contributed by atoms with Crippen LogP contribution in [0, 0.1) is 5.92 Å². The summed E-state index contributed by atoms with van der Waals surface area (Å²) in [4.78, 5) is 21.3. The zero-order chi connectivity index (χ0) is 23.5. The summed E-state index contributed by atoms with van der Waals surface area (Å²) in [6, 6.07) is 19.0. The van der Waals surface area contributed by atoms with Crippen molar-refractivity contribution in [2.75, 3.05) is 39.8 Å². The standard InChI is InChI=1S/C27H39N5O/c1-4-31(5-2)21-25-14-10-9-13-24(25)19-30-27(28-3)29-18-23-17-26(33)32(20-23)16-15-22-11-7-6-8-12-22/h6-14,23H,4-5,15-21H2,1-3H3,(H2,28,29,30). The first kappa shape index (κ1) is 24.8. The molecule has 2 N–H and O–H groups in total. The largest absolute Gasteiger partial charge is 0.356 e. The summed E-state index contributed by atoms with van der Waals surface area (Å²) in [5.74, 6) is 1.34. The van der Waals surface area contributed by atoms with Crippen LogP contribution >= 0.6 is 0 Å². The summed E-state index contributed by atoms with van der Waals surface area (Å²) in [5, 5.41) is 6.88. The molecule has 0 spiro atoms. The molecule has 0 aromatic heterocycles. The van der Waals surface area contributed by atoms with E-state index in [0.29, 0.717) is 12.3 Å². The maximum absolute atomic E-state index is 12.5. The molecule has 1 heterocycles. The molecule has 2 aromatic rings. The van der Waals surface area contributed by atoms with E-state index < -0.39 is 0 Å². The van der Waals surface area contributed by atoms with E-state index in [1.54, 1.807) is 7.05 Å². The van der Waals surface area contributed by atoms with Gasteiger partial charge in [0, 0.05) is 52.1 Å². The highest BCUT2D eigenvalue weighted by molar-refractivity contribution is 5.80. The van der Waals surface area contributed by atoms with E-state index in [1.165, 1.54) is 16.7 Å². The summed E-state index contributed by atoms with van der Waals surface area (Å²) in [5.41, 5.74) is 3.91. The van der Waals surface area contributed by atoms with Gasteiger partial charge in [0.15, 0.2) is 5.96 Å². The number of likely N-dealkylation sites (tertiary alicyclic amines) is 1. The van der Waals surface area contributed by atoms with Crippen LogP contribution in [-0.4, -0.2) is 61.4 Å². The Morgan fingerprint density at radius 1 is 1.03 bits per heavy atom. The number of amides is 1. The van der Waals surface area contributed by atoms with Gasteiger partial charge in [0.2, 0.25) is 5.91 Å². The smallest absolute Gasteiger partial charge is 0.223 e. The van der Waals surface area contributed by atoms with Gasteiger partial charge in [-0.05, 0) is 36.2 Å². The van der Waals surface area contributed by atoms with E-state index in [1.807, 2.05) is 11.0 Å². The quantitative estimate of drug-likeness (QED) is 0.408. The van der Waals surface area contributed by atoms with Crippen molar-refractivity contribution in [3.05, 3.63) is 71.3 Å². The predicted octanol–water partition coefficient (Wildman–Crippen LogP) is 3.28. The zero-order valence-electron chi connectivity index (χ0n) is 20.4. The highest BCUT2D eigenvalue weighted by Crippen LogP contribution is 2.18. The molecule has 178 valence electrons. The number of benzene rings is 2. The van der Waals surface area contributed by atoms with Gasteiger partial charge in [0.1, 0.15) is 0 Å². The van der Waals surface area contributed by atoms with Gasteiger partial charge in [-0.25, -0.2) is 0 Å². The van der Waals surface area contributed by atoms with E-state index in [4.69, 9.17) is 0 Å². The van der Waals surface area contributed by atoms with E-state index in [2.05, 4.69) is 82.9 Å². The number of hydrogen-bond acceptors (Lipinski definition) is 3. The van der Waals surface area contributed by atoms with Crippen LogP contribution in [0.4, 0.5) is 0 Å². The minimum absolute atomic E-state index is 0.256. The highest BCUT2D eigenvalue weighted by atomic mass is 16.2. The Bertz CT molecular complexity index is 894. The number of nitrogens with zero attached hydrogens (tertiary/aromatic N) is 3. The molecule has 1 aliphatic rings. The Hall–Kier alpha value is -2.86. The van der Waals surface area contributed by atoms with Crippen molar-refractivity contribution in [1.29, 1.82) is 0 Å². The molecular formula is C27H39N5O. The number of carbonyl (C=O) groups is 1. The normalized spacial score (nSPS) is 16.5. The Balaban J connectivity index is 1.45. The van der Waals surface area contributed by atoms with E-state index in [-0.39, 0.29) is 5.91 Å². The lowest BCUT2D eigenvalue weighted by Crippen LogP contribution is -2.40. The molecule has 0 radical (unpaired) electrons. The molecule has 1 aliphatic heterocycles. The minimum atomic E-state index is 0.256. The van der Waals surface area contributed by atoms with Crippen molar-refractivity contribution >= 4 is 11.9 Å². The third-order valence-corrected chi connectivity index (χ3v) is 6.44. The van der Waals surface area contributed by atoms with Gasteiger partial charge in [-0.3, -0.25) is 14.7 Å². The molecule has 1 unspecified atom stereocenters. The molecule has 0 saturated carbocycles. The van der Waals surface area contributed by atoms with Crippen molar-refractivity contribution in [1.82, 2.24) is 20.4 Å². The highest BCUT2D eigenvalue weighted by Gasteiger charge is 2.29. The second kappa shape index (κ2) is 13.0. The molecule has 6 nitrogen and oxygen atoms in total. The average Bonchev–Trinajstić information content (AvgIpc) is 3.21. The fraction of sp³-hybridized carbons (Fsp3) is 0.481.